The van der Waals surface area contributed by atoms with Crippen molar-refractivity contribution < 1.29 is 9.47 Å². The largest absolute Gasteiger partial charge is 0.490 e. The summed E-state index contributed by atoms with van der Waals surface area (Å²) in [6.45, 7) is 8.21. The molecule has 2 aromatic rings. The Morgan fingerprint density at radius 3 is 2.33 bits per heavy atom. The van der Waals surface area contributed by atoms with Crippen LogP contribution in [0.2, 0.25) is 0 Å². The molecule has 0 radical (unpaired) electrons. The summed E-state index contributed by atoms with van der Waals surface area (Å²) in [5.41, 5.74) is 3.74. The molecule has 0 saturated heterocycles. The second-order valence-electron chi connectivity index (χ2n) is 4.90. The van der Waals surface area contributed by atoms with Crippen molar-refractivity contribution in [3.8, 4) is 11.5 Å². The van der Waals surface area contributed by atoms with Crippen molar-refractivity contribution >= 4 is 5.69 Å². The molecule has 2 rings (SSSR count). The highest BCUT2D eigenvalue weighted by Crippen LogP contribution is 2.26. The number of rotatable bonds is 7. The number of aryl methyl sites for hydroxylation is 1. The lowest BCUT2D eigenvalue weighted by molar-refractivity contribution is 0.284. The fourth-order valence-electron chi connectivity index (χ4n) is 2.13. The highest BCUT2D eigenvalue weighted by Gasteiger charge is 2.03. The van der Waals surface area contributed by atoms with Gasteiger partial charge < -0.3 is 14.8 Å². The molecule has 0 heterocycles. The summed E-state index contributed by atoms with van der Waals surface area (Å²) in [5, 5.41) is 3.41. The van der Waals surface area contributed by atoms with Crippen LogP contribution in [0.15, 0.2) is 42.5 Å². The molecule has 3 heteroatoms. The summed E-state index contributed by atoms with van der Waals surface area (Å²) in [6, 6.07) is 14.0. The zero-order valence-electron chi connectivity index (χ0n) is 13.0. The molecule has 3 nitrogen and oxygen atoms in total. The number of hydrogen-bond acceptors (Lipinski definition) is 3. The number of benzene rings is 2. The third-order valence-electron chi connectivity index (χ3n) is 3.43. The van der Waals surface area contributed by atoms with E-state index in [9.17, 15) is 0 Å². The average molecular weight is 285 g/mol. The molecule has 1 N–H and O–H groups in total. The SMILES string of the molecule is CCOc1ccccc1OCCNc1cccc(C)c1C. The van der Waals surface area contributed by atoms with Gasteiger partial charge in [-0.15, -0.1) is 0 Å². The lowest BCUT2D eigenvalue weighted by atomic mass is 10.1. The summed E-state index contributed by atoms with van der Waals surface area (Å²) in [5.74, 6) is 1.59. The maximum atomic E-state index is 5.79. The monoisotopic (exact) mass is 285 g/mol. The van der Waals surface area contributed by atoms with Crippen molar-refractivity contribution in [2.24, 2.45) is 0 Å². The number of nitrogens with one attached hydrogen (secondary N) is 1. The van der Waals surface area contributed by atoms with Gasteiger partial charge in [0.05, 0.1) is 6.61 Å². The van der Waals surface area contributed by atoms with Crippen molar-refractivity contribution in [2.45, 2.75) is 20.8 Å². The Bertz CT molecular complexity index is 581. The van der Waals surface area contributed by atoms with Gasteiger partial charge in [-0.05, 0) is 50.1 Å². The third kappa shape index (κ3) is 4.15. The fraction of sp³-hybridized carbons (Fsp3) is 0.333. The summed E-state index contributed by atoms with van der Waals surface area (Å²) in [7, 11) is 0. The van der Waals surface area contributed by atoms with Crippen molar-refractivity contribution in [1.29, 1.82) is 0 Å². The molecule has 0 aromatic heterocycles. The predicted octanol–water partition coefficient (Wildman–Crippen LogP) is 4.19. The molecule has 0 spiro atoms. The van der Waals surface area contributed by atoms with Gasteiger partial charge in [0.2, 0.25) is 0 Å². The van der Waals surface area contributed by atoms with Crippen molar-refractivity contribution in [3.63, 3.8) is 0 Å². The minimum absolute atomic E-state index is 0.595. The topological polar surface area (TPSA) is 30.5 Å². The van der Waals surface area contributed by atoms with Crippen molar-refractivity contribution in [2.75, 3.05) is 25.1 Å². The average Bonchev–Trinajstić information content (AvgIpc) is 2.49. The van der Waals surface area contributed by atoms with E-state index in [-0.39, 0.29) is 0 Å². The standard InChI is InChI=1S/C18H23NO2/c1-4-20-17-10-5-6-11-18(17)21-13-12-19-16-9-7-8-14(2)15(16)3/h5-11,19H,4,12-13H2,1-3H3. The molecule has 21 heavy (non-hydrogen) atoms. The van der Waals surface area contributed by atoms with E-state index in [2.05, 4.69) is 37.4 Å². The minimum Gasteiger partial charge on any atom is -0.490 e. The summed E-state index contributed by atoms with van der Waals surface area (Å²) in [6.07, 6.45) is 0. The van der Waals surface area contributed by atoms with Gasteiger partial charge in [-0.2, -0.15) is 0 Å². The normalized spacial score (nSPS) is 10.2. The van der Waals surface area contributed by atoms with Gasteiger partial charge >= 0.3 is 0 Å². The number of hydrogen-bond donors (Lipinski definition) is 1. The van der Waals surface area contributed by atoms with Gasteiger partial charge in [0.25, 0.3) is 0 Å². The van der Waals surface area contributed by atoms with Gasteiger partial charge in [-0.25, -0.2) is 0 Å². The van der Waals surface area contributed by atoms with E-state index in [4.69, 9.17) is 9.47 Å². The van der Waals surface area contributed by atoms with Crippen LogP contribution in [0.4, 0.5) is 5.69 Å². The lowest BCUT2D eigenvalue weighted by Crippen LogP contribution is -2.12. The first-order valence-corrected chi connectivity index (χ1v) is 7.37. The van der Waals surface area contributed by atoms with E-state index < -0.39 is 0 Å². The first-order chi connectivity index (χ1) is 10.2. The van der Waals surface area contributed by atoms with E-state index in [1.165, 1.54) is 11.1 Å². The van der Waals surface area contributed by atoms with Gasteiger partial charge in [0.15, 0.2) is 11.5 Å². The Hall–Kier alpha value is -2.16. The molecular weight excluding hydrogens is 262 g/mol. The van der Waals surface area contributed by atoms with Crippen LogP contribution >= 0.6 is 0 Å². The predicted molar refractivity (Wildman–Crippen MR) is 87.5 cm³/mol. The molecule has 0 amide bonds. The first-order valence-electron chi connectivity index (χ1n) is 7.37. The Labute approximate surface area is 126 Å². The van der Waals surface area contributed by atoms with E-state index in [0.717, 1.165) is 23.7 Å². The van der Waals surface area contributed by atoms with Crippen LogP contribution in [0, 0.1) is 13.8 Å². The third-order valence-corrected chi connectivity index (χ3v) is 3.43. The van der Waals surface area contributed by atoms with Crippen LogP contribution in [0.25, 0.3) is 0 Å². The molecule has 112 valence electrons. The highest BCUT2D eigenvalue weighted by molar-refractivity contribution is 5.53. The van der Waals surface area contributed by atoms with Crippen LogP contribution in [0.3, 0.4) is 0 Å². The minimum atomic E-state index is 0.595. The van der Waals surface area contributed by atoms with Crippen LogP contribution in [-0.4, -0.2) is 19.8 Å². The Morgan fingerprint density at radius 1 is 0.905 bits per heavy atom. The molecule has 0 unspecified atom stereocenters. The second-order valence-corrected chi connectivity index (χ2v) is 4.90. The van der Waals surface area contributed by atoms with Crippen LogP contribution in [0.5, 0.6) is 11.5 Å². The van der Waals surface area contributed by atoms with Gasteiger partial charge in [-0.3, -0.25) is 0 Å². The number of anilines is 1. The van der Waals surface area contributed by atoms with Crippen LogP contribution in [-0.2, 0) is 0 Å². The molecular formula is C18H23NO2. The molecule has 0 bridgehead atoms. The maximum absolute atomic E-state index is 5.79. The number of para-hydroxylation sites is 2. The molecule has 0 atom stereocenters. The van der Waals surface area contributed by atoms with Crippen LogP contribution in [0.1, 0.15) is 18.1 Å². The van der Waals surface area contributed by atoms with Crippen molar-refractivity contribution in [1.82, 2.24) is 0 Å². The zero-order chi connectivity index (χ0) is 15.1. The quantitative estimate of drug-likeness (QED) is 0.774. The van der Waals surface area contributed by atoms with Gasteiger partial charge in [-0.1, -0.05) is 24.3 Å². The zero-order valence-corrected chi connectivity index (χ0v) is 13.0. The summed E-state index contributed by atoms with van der Waals surface area (Å²) >= 11 is 0. The first kappa shape index (κ1) is 15.2. The van der Waals surface area contributed by atoms with Crippen molar-refractivity contribution in [3.05, 3.63) is 53.6 Å². The Kier molecular flexibility index (Phi) is 5.50. The van der Waals surface area contributed by atoms with Gasteiger partial charge in [0.1, 0.15) is 6.61 Å². The van der Waals surface area contributed by atoms with Crippen LogP contribution < -0.4 is 14.8 Å². The van der Waals surface area contributed by atoms with E-state index in [1.54, 1.807) is 0 Å². The molecule has 0 fully saturated rings. The lowest BCUT2D eigenvalue weighted by Gasteiger charge is -2.14. The maximum Gasteiger partial charge on any atom is 0.161 e. The molecule has 0 aliphatic carbocycles. The second kappa shape index (κ2) is 7.58. The number of ether oxygens (including phenoxy) is 2. The molecule has 2 aromatic carbocycles. The van der Waals surface area contributed by atoms with E-state index in [0.29, 0.717) is 13.2 Å². The van der Waals surface area contributed by atoms with E-state index in [1.807, 2.05) is 31.2 Å². The molecule has 0 aliphatic heterocycles. The summed E-state index contributed by atoms with van der Waals surface area (Å²) in [4.78, 5) is 0. The fourth-order valence-corrected chi connectivity index (χ4v) is 2.13. The molecule has 0 saturated carbocycles. The highest BCUT2D eigenvalue weighted by atomic mass is 16.5. The Morgan fingerprint density at radius 2 is 1.62 bits per heavy atom. The molecule has 0 aliphatic rings. The smallest absolute Gasteiger partial charge is 0.161 e. The van der Waals surface area contributed by atoms with Gasteiger partial charge in [0, 0.05) is 12.2 Å². The van der Waals surface area contributed by atoms with E-state index >= 15 is 0 Å². The Balaban J connectivity index is 1.86. The summed E-state index contributed by atoms with van der Waals surface area (Å²) < 4.78 is 11.3.